The summed E-state index contributed by atoms with van der Waals surface area (Å²) in [6.07, 6.45) is 4.11. The van der Waals surface area contributed by atoms with Crippen LogP contribution in [0.2, 0.25) is 0 Å². The topological polar surface area (TPSA) is 49.8 Å². The molecule has 4 nitrogen and oxygen atoms in total. The van der Waals surface area contributed by atoms with Gasteiger partial charge in [-0.1, -0.05) is 6.07 Å². The molecule has 2 aliphatic rings. The van der Waals surface area contributed by atoms with Crippen molar-refractivity contribution >= 4 is 5.97 Å². The van der Waals surface area contributed by atoms with Crippen LogP contribution in [0.3, 0.4) is 0 Å². The molecule has 1 aromatic rings. The van der Waals surface area contributed by atoms with E-state index in [0.717, 1.165) is 38.0 Å². The summed E-state index contributed by atoms with van der Waals surface area (Å²) in [4.78, 5) is 13.8. The zero-order chi connectivity index (χ0) is 15.0. The Labute approximate surface area is 125 Å². The first kappa shape index (κ1) is 14.4. The number of likely N-dealkylation sites (tertiary alicyclic amines) is 1. The second-order valence-corrected chi connectivity index (χ2v) is 6.56. The summed E-state index contributed by atoms with van der Waals surface area (Å²) in [7, 11) is 1.70. The van der Waals surface area contributed by atoms with Crippen LogP contribution in [0.25, 0.3) is 0 Å². The van der Waals surface area contributed by atoms with Gasteiger partial charge in [0.05, 0.1) is 12.5 Å². The van der Waals surface area contributed by atoms with Crippen molar-refractivity contribution in [3.05, 3.63) is 29.3 Å². The normalized spacial score (nSPS) is 29.1. The molecule has 1 aliphatic heterocycles. The standard InChI is InChI=1S/C17H23NO3/c1-17(16(19)20)8-9-18(11-17)15-5-3-4-12-10-13(21-2)6-7-14(12)15/h6-7,10,15H,3-5,8-9,11H2,1-2H3,(H,19,20). The minimum absolute atomic E-state index is 0.362. The van der Waals surface area contributed by atoms with E-state index in [4.69, 9.17) is 4.74 Å². The van der Waals surface area contributed by atoms with E-state index in [9.17, 15) is 9.90 Å². The van der Waals surface area contributed by atoms with Crippen LogP contribution >= 0.6 is 0 Å². The first-order chi connectivity index (χ1) is 10.0. The predicted octanol–water partition coefficient (Wildman–Crippen LogP) is 2.87. The average Bonchev–Trinajstić information content (AvgIpc) is 2.90. The van der Waals surface area contributed by atoms with Crippen LogP contribution in [-0.4, -0.2) is 36.2 Å². The van der Waals surface area contributed by atoms with Crippen LogP contribution in [0.4, 0.5) is 0 Å². The van der Waals surface area contributed by atoms with Gasteiger partial charge in [0.1, 0.15) is 5.75 Å². The monoisotopic (exact) mass is 289 g/mol. The Morgan fingerprint density at radius 3 is 2.95 bits per heavy atom. The highest BCUT2D eigenvalue weighted by Gasteiger charge is 2.43. The molecule has 1 aliphatic carbocycles. The highest BCUT2D eigenvalue weighted by Crippen LogP contribution is 2.41. The Bertz CT molecular complexity index is 557. The maximum absolute atomic E-state index is 11.4. The SMILES string of the molecule is COc1ccc2c(c1)CCCC2N1CCC(C)(C(=O)O)C1. The maximum Gasteiger partial charge on any atom is 0.310 e. The molecule has 0 radical (unpaired) electrons. The quantitative estimate of drug-likeness (QED) is 0.929. The van der Waals surface area contributed by atoms with Crippen LogP contribution in [0.15, 0.2) is 18.2 Å². The van der Waals surface area contributed by atoms with E-state index in [-0.39, 0.29) is 0 Å². The molecule has 21 heavy (non-hydrogen) atoms. The van der Waals surface area contributed by atoms with Crippen molar-refractivity contribution in [2.24, 2.45) is 5.41 Å². The zero-order valence-electron chi connectivity index (χ0n) is 12.8. The third-order valence-corrected chi connectivity index (χ3v) is 5.09. The van der Waals surface area contributed by atoms with Crippen LogP contribution in [0, 0.1) is 5.41 Å². The van der Waals surface area contributed by atoms with Crippen LogP contribution in [-0.2, 0) is 11.2 Å². The molecule has 1 saturated heterocycles. The van der Waals surface area contributed by atoms with Gasteiger partial charge < -0.3 is 9.84 Å². The van der Waals surface area contributed by atoms with Gasteiger partial charge in [-0.3, -0.25) is 9.69 Å². The zero-order valence-corrected chi connectivity index (χ0v) is 12.8. The number of aliphatic carboxylic acids is 1. The Morgan fingerprint density at radius 1 is 1.48 bits per heavy atom. The smallest absolute Gasteiger partial charge is 0.310 e. The van der Waals surface area contributed by atoms with E-state index >= 15 is 0 Å². The molecule has 0 bridgehead atoms. The lowest BCUT2D eigenvalue weighted by atomic mass is 9.86. The molecule has 3 rings (SSSR count). The van der Waals surface area contributed by atoms with Crippen LogP contribution < -0.4 is 4.74 Å². The minimum atomic E-state index is -0.671. The lowest BCUT2D eigenvalue weighted by Gasteiger charge is -2.34. The van der Waals surface area contributed by atoms with Gasteiger partial charge >= 0.3 is 5.97 Å². The number of ether oxygens (including phenoxy) is 1. The van der Waals surface area contributed by atoms with E-state index in [0.29, 0.717) is 12.6 Å². The number of nitrogens with zero attached hydrogens (tertiary/aromatic N) is 1. The van der Waals surface area contributed by atoms with Crippen LogP contribution in [0.5, 0.6) is 5.75 Å². The molecule has 1 aromatic carbocycles. The summed E-state index contributed by atoms with van der Waals surface area (Å²) in [5, 5.41) is 9.41. The Hall–Kier alpha value is -1.55. The predicted molar refractivity (Wildman–Crippen MR) is 80.6 cm³/mol. The van der Waals surface area contributed by atoms with E-state index in [1.165, 1.54) is 11.1 Å². The molecule has 0 spiro atoms. The number of methoxy groups -OCH3 is 1. The maximum atomic E-state index is 11.4. The number of benzene rings is 1. The summed E-state index contributed by atoms with van der Waals surface area (Å²) >= 11 is 0. The number of hydrogen-bond donors (Lipinski definition) is 1. The number of fused-ring (bicyclic) bond motifs is 1. The third-order valence-electron chi connectivity index (χ3n) is 5.09. The molecule has 4 heteroatoms. The molecule has 1 heterocycles. The van der Waals surface area contributed by atoms with Crippen molar-refractivity contribution < 1.29 is 14.6 Å². The van der Waals surface area contributed by atoms with Crippen molar-refractivity contribution in [2.45, 2.75) is 38.6 Å². The molecule has 1 N–H and O–H groups in total. The first-order valence-electron chi connectivity index (χ1n) is 7.68. The van der Waals surface area contributed by atoms with Gasteiger partial charge in [0.2, 0.25) is 0 Å². The van der Waals surface area contributed by atoms with E-state index in [1.807, 2.05) is 13.0 Å². The Kier molecular flexibility index (Phi) is 3.66. The number of carboxylic acids is 1. The first-order valence-corrected chi connectivity index (χ1v) is 7.68. The van der Waals surface area contributed by atoms with Gasteiger partial charge in [-0.05, 0) is 62.4 Å². The van der Waals surface area contributed by atoms with Crippen molar-refractivity contribution in [3.8, 4) is 5.75 Å². The molecule has 2 atom stereocenters. The number of carbonyl (C=O) groups is 1. The van der Waals surface area contributed by atoms with Gasteiger partial charge in [-0.2, -0.15) is 0 Å². The molecular weight excluding hydrogens is 266 g/mol. The van der Waals surface area contributed by atoms with Gasteiger partial charge in [-0.25, -0.2) is 0 Å². The van der Waals surface area contributed by atoms with Gasteiger partial charge in [0.15, 0.2) is 0 Å². The van der Waals surface area contributed by atoms with Crippen molar-refractivity contribution in [1.29, 1.82) is 0 Å². The Morgan fingerprint density at radius 2 is 2.29 bits per heavy atom. The molecule has 0 aromatic heterocycles. The molecule has 1 fully saturated rings. The molecule has 0 amide bonds. The lowest BCUT2D eigenvalue weighted by Crippen LogP contribution is -2.34. The van der Waals surface area contributed by atoms with Crippen molar-refractivity contribution in [2.75, 3.05) is 20.2 Å². The summed E-state index contributed by atoms with van der Waals surface area (Å²) < 4.78 is 5.31. The average molecular weight is 289 g/mol. The Balaban J connectivity index is 1.85. The number of carboxylic acid groups (broad SMARTS) is 1. The van der Waals surface area contributed by atoms with Crippen LogP contribution in [0.1, 0.15) is 43.4 Å². The largest absolute Gasteiger partial charge is 0.497 e. The molecule has 114 valence electrons. The fourth-order valence-electron chi connectivity index (χ4n) is 3.71. The fraction of sp³-hybridized carbons (Fsp3) is 0.588. The molecule has 2 unspecified atom stereocenters. The van der Waals surface area contributed by atoms with Gasteiger partial charge in [0, 0.05) is 12.6 Å². The molecular formula is C17H23NO3. The highest BCUT2D eigenvalue weighted by atomic mass is 16.5. The van der Waals surface area contributed by atoms with Gasteiger partial charge in [0.25, 0.3) is 0 Å². The van der Waals surface area contributed by atoms with Gasteiger partial charge in [-0.15, -0.1) is 0 Å². The number of hydrogen-bond acceptors (Lipinski definition) is 3. The summed E-state index contributed by atoms with van der Waals surface area (Å²) in [5.74, 6) is 0.238. The van der Waals surface area contributed by atoms with E-state index in [1.54, 1.807) is 7.11 Å². The van der Waals surface area contributed by atoms with Crippen molar-refractivity contribution in [3.63, 3.8) is 0 Å². The number of rotatable bonds is 3. The lowest BCUT2D eigenvalue weighted by molar-refractivity contribution is -0.147. The van der Waals surface area contributed by atoms with Crippen molar-refractivity contribution in [1.82, 2.24) is 4.90 Å². The third kappa shape index (κ3) is 2.53. The van der Waals surface area contributed by atoms with E-state index in [2.05, 4.69) is 17.0 Å². The summed E-state index contributed by atoms with van der Waals surface area (Å²) in [6, 6.07) is 6.67. The number of aryl methyl sites for hydroxylation is 1. The van der Waals surface area contributed by atoms with E-state index < -0.39 is 11.4 Å². The fourth-order valence-corrected chi connectivity index (χ4v) is 3.71. The highest BCUT2D eigenvalue weighted by molar-refractivity contribution is 5.74. The molecule has 0 saturated carbocycles. The summed E-state index contributed by atoms with van der Waals surface area (Å²) in [6.45, 7) is 3.39. The summed E-state index contributed by atoms with van der Waals surface area (Å²) in [5.41, 5.74) is 2.12. The second-order valence-electron chi connectivity index (χ2n) is 6.56. The minimum Gasteiger partial charge on any atom is -0.497 e. The second kappa shape index (κ2) is 5.34.